The van der Waals surface area contributed by atoms with Crippen LogP contribution in [0, 0.1) is 25.7 Å². The van der Waals surface area contributed by atoms with Crippen molar-refractivity contribution in [1.29, 1.82) is 0 Å². The van der Waals surface area contributed by atoms with Gasteiger partial charge >= 0.3 is 0 Å². The summed E-state index contributed by atoms with van der Waals surface area (Å²) in [7, 11) is 0. The minimum atomic E-state index is 0.0155. The molecule has 0 radical (unpaired) electrons. The lowest BCUT2D eigenvalue weighted by Crippen LogP contribution is -2.40. The van der Waals surface area contributed by atoms with Crippen LogP contribution in [-0.4, -0.2) is 18.6 Å². The molecule has 0 aromatic heterocycles. The van der Waals surface area contributed by atoms with Gasteiger partial charge in [0.1, 0.15) is 5.75 Å². The van der Waals surface area contributed by atoms with Crippen LogP contribution < -0.4 is 10.1 Å². The summed E-state index contributed by atoms with van der Waals surface area (Å²) in [6, 6.07) is 6.43. The van der Waals surface area contributed by atoms with Crippen LogP contribution in [0.5, 0.6) is 5.75 Å². The minimum Gasteiger partial charge on any atom is -0.484 e. The number of hydrogen-bond acceptors (Lipinski definition) is 2. The fourth-order valence-corrected chi connectivity index (χ4v) is 3.84. The van der Waals surface area contributed by atoms with E-state index < -0.39 is 0 Å². The van der Waals surface area contributed by atoms with Gasteiger partial charge in [-0.2, -0.15) is 0 Å². The van der Waals surface area contributed by atoms with E-state index in [0.717, 1.165) is 22.8 Å². The van der Waals surface area contributed by atoms with Crippen molar-refractivity contribution in [3.63, 3.8) is 0 Å². The summed E-state index contributed by atoms with van der Waals surface area (Å²) in [5, 5.41) is 3.15. The number of benzene rings is 1. The summed E-state index contributed by atoms with van der Waals surface area (Å²) >= 11 is 0. The number of nitrogens with one attached hydrogen (secondary N) is 1. The van der Waals surface area contributed by atoms with Gasteiger partial charge in [-0.15, -0.1) is 0 Å². The Labute approximate surface area is 120 Å². The molecule has 1 aromatic carbocycles. The van der Waals surface area contributed by atoms with Crippen molar-refractivity contribution in [1.82, 2.24) is 5.32 Å². The Morgan fingerprint density at radius 2 is 1.95 bits per heavy atom. The number of amides is 1. The average Bonchev–Trinajstić information content (AvgIpc) is 2.97. The molecule has 0 aliphatic heterocycles. The fourth-order valence-electron chi connectivity index (χ4n) is 3.84. The SMILES string of the molecule is Cc1cc(C)cc(OCC(=O)N[C@H]2C[C@H]3CC[C@@H]2C3)c1. The van der Waals surface area contributed by atoms with Crippen molar-refractivity contribution in [2.45, 2.75) is 45.6 Å². The lowest BCUT2D eigenvalue weighted by molar-refractivity contribution is -0.124. The topological polar surface area (TPSA) is 38.3 Å². The van der Waals surface area contributed by atoms with Crippen LogP contribution in [0.4, 0.5) is 0 Å². The fraction of sp³-hybridized carbons (Fsp3) is 0.588. The zero-order chi connectivity index (χ0) is 14.1. The maximum Gasteiger partial charge on any atom is 0.258 e. The number of fused-ring (bicyclic) bond motifs is 2. The first kappa shape index (κ1) is 13.5. The molecule has 3 atom stereocenters. The Kier molecular flexibility index (Phi) is 3.68. The van der Waals surface area contributed by atoms with Crippen LogP contribution in [0.25, 0.3) is 0 Å². The molecule has 2 fully saturated rings. The van der Waals surface area contributed by atoms with E-state index in [0.29, 0.717) is 12.0 Å². The van der Waals surface area contributed by atoms with E-state index in [1.165, 1.54) is 25.7 Å². The van der Waals surface area contributed by atoms with Gasteiger partial charge in [0, 0.05) is 6.04 Å². The molecule has 3 nitrogen and oxygen atoms in total. The molecule has 0 spiro atoms. The van der Waals surface area contributed by atoms with Gasteiger partial charge in [-0.1, -0.05) is 12.5 Å². The molecule has 1 amide bonds. The van der Waals surface area contributed by atoms with Crippen molar-refractivity contribution in [3.8, 4) is 5.75 Å². The van der Waals surface area contributed by atoms with Crippen LogP contribution >= 0.6 is 0 Å². The molecule has 2 bridgehead atoms. The molecule has 2 aliphatic rings. The highest BCUT2D eigenvalue weighted by atomic mass is 16.5. The summed E-state index contributed by atoms with van der Waals surface area (Å²) < 4.78 is 5.61. The Bertz CT molecular complexity index is 491. The summed E-state index contributed by atoms with van der Waals surface area (Å²) in [5.74, 6) is 2.36. The molecule has 108 valence electrons. The molecule has 1 aromatic rings. The quantitative estimate of drug-likeness (QED) is 0.916. The molecular weight excluding hydrogens is 250 g/mol. The standard InChI is InChI=1S/C17H23NO2/c1-11-5-12(2)7-15(6-11)20-10-17(19)18-16-9-13-3-4-14(16)8-13/h5-7,13-14,16H,3-4,8-10H2,1-2H3,(H,18,19)/t13-,14+,16-/m0/s1. The molecule has 20 heavy (non-hydrogen) atoms. The highest BCUT2D eigenvalue weighted by Gasteiger charge is 2.40. The lowest BCUT2D eigenvalue weighted by atomic mass is 9.95. The van der Waals surface area contributed by atoms with Crippen molar-refractivity contribution in [3.05, 3.63) is 29.3 Å². The van der Waals surface area contributed by atoms with Crippen LogP contribution in [0.2, 0.25) is 0 Å². The first-order valence-corrected chi connectivity index (χ1v) is 7.60. The number of hydrogen-bond donors (Lipinski definition) is 1. The molecule has 0 unspecified atom stereocenters. The van der Waals surface area contributed by atoms with Crippen molar-refractivity contribution in [2.24, 2.45) is 11.8 Å². The Hall–Kier alpha value is -1.51. The normalized spacial score (nSPS) is 27.6. The number of ether oxygens (including phenoxy) is 1. The first-order valence-electron chi connectivity index (χ1n) is 7.60. The van der Waals surface area contributed by atoms with Crippen LogP contribution in [0.15, 0.2) is 18.2 Å². The van der Waals surface area contributed by atoms with Gasteiger partial charge in [0.15, 0.2) is 6.61 Å². The first-order chi connectivity index (χ1) is 9.60. The van der Waals surface area contributed by atoms with Crippen molar-refractivity contribution < 1.29 is 9.53 Å². The smallest absolute Gasteiger partial charge is 0.258 e. The minimum absolute atomic E-state index is 0.0155. The van der Waals surface area contributed by atoms with Crippen molar-refractivity contribution in [2.75, 3.05) is 6.61 Å². The summed E-state index contributed by atoms with van der Waals surface area (Å²) in [6.45, 7) is 4.20. The zero-order valence-electron chi connectivity index (χ0n) is 12.3. The van der Waals surface area contributed by atoms with Gasteiger partial charge in [-0.05, 0) is 68.2 Å². The van der Waals surface area contributed by atoms with Gasteiger partial charge in [-0.25, -0.2) is 0 Å². The van der Waals surface area contributed by atoms with Gasteiger partial charge < -0.3 is 10.1 Å². The third kappa shape index (κ3) is 2.97. The van der Waals surface area contributed by atoms with E-state index in [1.807, 2.05) is 26.0 Å². The highest BCUT2D eigenvalue weighted by molar-refractivity contribution is 5.78. The number of rotatable bonds is 4. The van der Waals surface area contributed by atoms with E-state index in [1.54, 1.807) is 0 Å². The second kappa shape index (κ2) is 5.47. The molecular formula is C17H23NO2. The van der Waals surface area contributed by atoms with E-state index in [-0.39, 0.29) is 12.5 Å². The molecule has 2 aliphatic carbocycles. The molecule has 3 heteroatoms. The zero-order valence-corrected chi connectivity index (χ0v) is 12.3. The third-order valence-electron chi connectivity index (χ3n) is 4.65. The number of aryl methyl sites for hydroxylation is 2. The predicted molar refractivity (Wildman–Crippen MR) is 78.8 cm³/mol. The molecule has 3 rings (SSSR count). The molecule has 0 saturated heterocycles. The van der Waals surface area contributed by atoms with E-state index in [2.05, 4.69) is 11.4 Å². The lowest BCUT2D eigenvalue weighted by Gasteiger charge is -2.22. The summed E-state index contributed by atoms with van der Waals surface area (Å²) in [4.78, 5) is 12.0. The Balaban J connectivity index is 1.49. The predicted octanol–water partition coefficient (Wildman–Crippen LogP) is 2.99. The maximum atomic E-state index is 12.0. The largest absolute Gasteiger partial charge is 0.484 e. The van der Waals surface area contributed by atoms with Crippen molar-refractivity contribution >= 4 is 5.91 Å². The number of carbonyl (C=O) groups is 1. The van der Waals surface area contributed by atoms with Gasteiger partial charge in [0.25, 0.3) is 5.91 Å². The summed E-state index contributed by atoms with van der Waals surface area (Å²) in [5.41, 5.74) is 2.32. The van der Waals surface area contributed by atoms with Crippen LogP contribution in [-0.2, 0) is 4.79 Å². The Morgan fingerprint density at radius 1 is 1.20 bits per heavy atom. The van der Waals surface area contributed by atoms with Crippen LogP contribution in [0.1, 0.15) is 36.8 Å². The molecule has 1 N–H and O–H groups in total. The highest BCUT2D eigenvalue weighted by Crippen LogP contribution is 2.44. The monoisotopic (exact) mass is 273 g/mol. The van der Waals surface area contributed by atoms with Gasteiger partial charge in [-0.3, -0.25) is 4.79 Å². The second-order valence-electron chi connectivity index (χ2n) is 6.46. The van der Waals surface area contributed by atoms with E-state index >= 15 is 0 Å². The average molecular weight is 273 g/mol. The molecule has 0 heterocycles. The second-order valence-corrected chi connectivity index (χ2v) is 6.46. The van der Waals surface area contributed by atoms with Crippen LogP contribution in [0.3, 0.4) is 0 Å². The Morgan fingerprint density at radius 3 is 2.55 bits per heavy atom. The molecule has 2 saturated carbocycles. The maximum absolute atomic E-state index is 12.0. The van der Waals surface area contributed by atoms with Gasteiger partial charge in [0.2, 0.25) is 0 Å². The van der Waals surface area contributed by atoms with Gasteiger partial charge in [0.05, 0.1) is 0 Å². The van der Waals surface area contributed by atoms with E-state index in [9.17, 15) is 4.79 Å². The van der Waals surface area contributed by atoms with E-state index in [4.69, 9.17) is 4.74 Å². The summed E-state index contributed by atoms with van der Waals surface area (Å²) in [6.07, 6.45) is 5.12. The third-order valence-corrected chi connectivity index (χ3v) is 4.65. The number of carbonyl (C=O) groups excluding carboxylic acids is 1.